The summed E-state index contributed by atoms with van der Waals surface area (Å²) in [6, 6.07) is 7.83. The van der Waals surface area contributed by atoms with Crippen molar-refractivity contribution in [3.8, 4) is 0 Å². The third-order valence-electron chi connectivity index (χ3n) is 5.14. The van der Waals surface area contributed by atoms with Gasteiger partial charge in [-0.05, 0) is 67.8 Å². The number of aryl methyl sites for hydroxylation is 2. The largest absolute Gasteiger partial charge is 0.457 e. The van der Waals surface area contributed by atoms with Crippen LogP contribution in [-0.4, -0.2) is 21.4 Å². The number of fused-ring (bicyclic) bond motifs is 2. The average Bonchev–Trinajstić information content (AvgIpc) is 3.17. The van der Waals surface area contributed by atoms with Gasteiger partial charge >= 0.3 is 11.6 Å². The minimum Gasteiger partial charge on any atom is -0.457 e. The van der Waals surface area contributed by atoms with Gasteiger partial charge in [-0.3, -0.25) is 0 Å². The van der Waals surface area contributed by atoms with Gasteiger partial charge in [0.1, 0.15) is 18.0 Å². The summed E-state index contributed by atoms with van der Waals surface area (Å²) < 4.78 is 50.5. The lowest BCUT2D eigenvalue weighted by molar-refractivity contribution is 0.0468. The molecule has 1 heterocycles. The third kappa shape index (κ3) is 3.73. The Bertz CT molecular complexity index is 1330. The van der Waals surface area contributed by atoms with Gasteiger partial charge in [0.15, 0.2) is 0 Å². The molecule has 0 amide bonds. The number of sulfonamides is 1. The molecule has 9 heteroatoms. The Morgan fingerprint density at radius 1 is 1.17 bits per heavy atom. The molecule has 0 unspecified atom stereocenters. The van der Waals surface area contributed by atoms with Crippen molar-refractivity contribution in [1.82, 2.24) is 4.72 Å². The van der Waals surface area contributed by atoms with Gasteiger partial charge in [0, 0.05) is 17.0 Å². The van der Waals surface area contributed by atoms with Gasteiger partial charge in [0.05, 0.1) is 10.5 Å². The van der Waals surface area contributed by atoms with E-state index in [4.69, 9.17) is 9.15 Å². The van der Waals surface area contributed by atoms with E-state index in [2.05, 4.69) is 4.72 Å². The summed E-state index contributed by atoms with van der Waals surface area (Å²) in [5.74, 6) is -1.95. The van der Waals surface area contributed by atoms with E-state index in [1.165, 1.54) is 13.1 Å². The van der Waals surface area contributed by atoms with Crippen molar-refractivity contribution in [3.63, 3.8) is 0 Å². The molecule has 0 saturated heterocycles. The first kappa shape index (κ1) is 20.2. The average molecular weight is 431 g/mol. The molecule has 1 aliphatic carbocycles. The number of nitrogens with one attached hydrogen (secondary N) is 1. The Balaban J connectivity index is 1.64. The summed E-state index contributed by atoms with van der Waals surface area (Å²) >= 11 is 0. The minimum atomic E-state index is -3.86. The Labute approximate surface area is 171 Å². The maximum atomic E-state index is 14.1. The van der Waals surface area contributed by atoms with Gasteiger partial charge in [0.25, 0.3) is 0 Å². The van der Waals surface area contributed by atoms with Crippen LogP contribution in [0.15, 0.2) is 50.5 Å². The van der Waals surface area contributed by atoms with E-state index in [1.54, 1.807) is 0 Å². The van der Waals surface area contributed by atoms with Crippen LogP contribution >= 0.6 is 0 Å². The Hall–Kier alpha value is -3.04. The van der Waals surface area contributed by atoms with E-state index in [1.807, 2.05) is 12.1 Å². The molecule has 2 aromatic carbocycles. The predicted octanol–water partition coefficient (Wildman–Crippen LogP) is 2.69. The lowest BCUT2D eigenvalue weighted by Crippen LogP contribution is -2.19. The lowest BCUT2D eigenvalue weighted by atomic mass is 10.0. The molecule has 1 N–H and O–H groups in total. The van der Waals surface area contributed by atoms with Crippen LogP contribution in [0.4, 0.5) is 4.39 Å². The fraction of sp³-hybridized carbons (Fsp3) is 0.238. The molecule has 0 aliphatic heterocycles. The van der Waals surface area contributed by atoms with Crippen molar-refractivity contribution in [1.29, 1.82) is 0 Å². The Morgan fingerprint density at radius 3 is 2.63 bits per heavy atom. The van der Waals surface area contributed by atoms with Crippen LogP contribution in [0.3, 0.4) is 0 Å². The minimum absolute atomic E-state index is 0.264. The van der Waals surface area contributed by atoms with Gasteiger partial charge in [-0.2, -0.15) is 0 Å². The first-order chi connectivity index (χ1) is 14.3. The normalized spacial score (nSPS) is 13.4. The van der Waals surface area contributed by atoms with Crippen molar-refractivity contribution in [2.75, 3.05) is 7.05 Å². The van der Waals surface area contributed by atoms with E-state index >= 15 is 0 Å². The highest BCUT2D eigenvalue weighted by molar-refractivity contribution is 7.89. The molecule has 1 aromatic heterocycles. The number of rotatable bonds is 5. The molecule has 30 heavy (non-hydrogen) atoms. The monoisotopic (exact) mass is 431 g/mol. The zero-order valence-corrected chi connectivity index (χ0v) is 16.8. The van der Waals surface area contributed by atoms with Crippen LogP contribution in [0.25, 0.3) is 11.0 Å². The summed E-state index contributed by atoms with van der Waals surface area (Å²) in [5, 5.41) is 0.648. The van der Waals surface area contributed by atoms with Crippen molar-refractivity contribution < 1.29 is 26.8 Å². The van der Waals surface area contributed by atoms with Crippen molar-refractivity contribution in [2.24, 2.45) is 0 Å². The van der Waals surface area contributed by atoms with E-state index in [0.29, 0.717) is 16.5 Å². The number of hydrogen-bond acceptors (Lipinski definition) is 6. The smallest absolute Gasteiger partial charge is 0.341 e. The second-order valence-electron chi connectivity index (χ2n) is 6.99. The fourth-order valence-corrected chi connectivity index (χ4v) is 4.34. The SMILES string of the molecule is CNS(=O)(=O)c1ccc(F)c(C(=O)OCc2cc(=O)oc3cc4c(cc23)CCC4)c1. The summed E-state index contributed by atoms with van der Waals surface area (Å²) in [6.45, 7) is -0.290. The number of carbonyl (C=O) groups excluding carboxylic acids is 1. The van der Waals surface area contributed by atoms with Crippen LogP contribution in [0.1, 0.15) is 33.5 Å². The molecule has 0 spiro atoms. The summed E-state index contributed by atoms with van der Waals surface area (Å²) in [5.41, 5.74) is 2.02. The van der Waals surface area contributed by atoms with Crippen molar-refractivity contribution in [3.05, 3.63) is 74.9 Å². The van der Waals surface area contributed by atoms with E-state index < -0.39 is 33.0 Å². The maximum Gasteiger partial charge on any atom is 0.341 e. The van der Waals surface area contributed by atoms with Gasteiger partial charge < -0.3 is 9.15 Å². The number of halogens is 1. The zero-order chi connectivity index (χ0) is 21.5. The molecule has 7 nitrogen and oxygen atoms in total. The maximum absolute atomic E-state index is 14.1. The van der Waals surface area contributed by atoms with E-state index in [0.717, 1.165) is 48.6 Å². The number of esters is 1. The standard InChI is InChI=1S/C21H18FNO6S/c1-23-30(26,27)15-5-6-18(22)17(10-15)21(25)28-11-14-9-20(24)29-19-8-13-4-2-3-12(13)7-16(14)19/h5-10,23H,2-4,11H2,1H3. The zero-order valence-electron chi connectivity index (χ0n) is 16.0. The highest BCUT2D eigenvalue weighted by atomic mass is 32.2. The van der Waals surface area contributed by atoms with Crippen LogP contribution in [0, 0.1) is 5.82 Å². The highest BCUT2D eigenvalue weighted by Gasteiger charge is 2.20. The van der Waals surface area contributed by atoms with Crippen molar-refractivity contribution in [2.45, 2.75) is 30.8 Å². The van der Waals surface area contributed by atoms with Crippen LogP contribution in [0.2, 0.25) is 0 Å². The van der Waals surface area contributed by atoms with E-state index in [-0.39, 0.29) is 11.5 Å². The van der Waals surface area contributed by atoms with Gasteiger partial charge in [-0.25, -0.2) is 27.1 Å². The summed E-state index contributed by atoms with van der Waals surface area (Å²) in [6.07, 6.45) is 2.85. The van der Waals surface area contributed by atoms with Crippen LogP contribution < -0.4 is 10.3 Å². The first-order valence-corrected chi connectivity index (χ1v) is 10.8. The number of benzene rings is 2. The summed E-state index contributed by atoms with van der Waals surface area (Å²) in [7, 11) is -2.65. The predicted molar refractivity (Wildman–Crippen MR) is 106 cm³/mol. The Morgan fingerprint density at radius 2 is 1.90 bits per heavy atom. The lowest BCUT2D eigenvalue weighted by Gasteiger charge is -2.10. The number of carbonyl (C=O) groups is 1. The quantitative estimate of drug-likeness (QED) is 0.492. The molecule has 3 aromatic rings. The Kier molecular flexibility index (Phi) is 5.17. The van der Waals surface area contributed by atoms with Crippen LogP contribution in [-0.2, 0) is 34.2 Å². The van der Waals surface area contributed by atoms with Crippen LogP contribution in [0.5, 0.6) is 0 Å². The van der Waals surface area contributed by atoms with Crippen molar-refractivity contribution >= 4 is 27.0 Å². The molecule has 0 bridgehead atoms. The second kappa shape index (κ2) is 7.66. The molecule has 4 rings (SSSR count). The molecule has 0 fully saturated rings. The van der Waals surface area contributed by atoms with Gasteiger partial charge in [-0.15, -0.1) is 0 Å². The number of hydrogen-bond donors (Lipinski definition) is 1. The molecule has 0 radical (unpaired) electrons. The molecular formula is C21H18FNO6S. The van der Waals surface area contributed by atoms with E-state index in [9.17, 15) is 22.4 Å². The topological polar surface area (TPSA) is 103 Å². The molecule has 1 aliphatic rings. The second-order valence-corrected chi connectivity index (χ2v) is 8.87. The fourth-order valence-electron chi connectivity index (χ4n) is 3.58. The first-order valence-electron chi connectivity index (χ1n) is 9.27. The molecule has 0 saturated carbocycles. The highest BCUT2D eigenvalue weighted by Crippen LogP contribution is 2.29. The summed E-state index contributed by atoms with van der Waals surface area (Å²) in [4.78, 5) is 24.1. The number of ether oxygens (including phenoxy) is 1. The molecule has 156 valence electrons. The van der Waals surface area contributed by atoms with Gasteiger partial charge in [0.2, 0.25) is 10.0 Å². The molecule has 0 atom stereocenters. The van der Waals surface area contributed by atoms with Gasteiger partial charge in [-0.1, -0.05) is 0 Å². The third-order valence-corrected chi connectivity index (χ3v) is 6.55. The molecular weight excluding hydrogens is 413 g/mol.